The van der Waals surface area contributed by atoms with Crippen LogP contribution in [0.1, 0.15) is 0 Å². The summed E-state index contributed by atoms with van der Waals surface area (Å²) in [5.41, 5.74) is 16.5. The van der Waals surface area contributed by atoms with Crippen molar-refractivity contribution in [3.8, 4) is 55.6 Å². The molecule has 0 amide bonds. The van der Waals surface area contributed by atoms with Gasteiger partial charge in [0.1, 0.15) is 11.2 Å². The Labute approximate surface area is 327 Å². The van der Waals surface area contributed by atoms with E-state index in [9.17, 15) is 0 Å². The summed E-state index contributed by atoms with van der Waals surface area (Å²) in [6.45, 7) is 0. The molecule has 9 aromatic carbocycles. The van der Waals surface area contributed by atoms with Crippen LogP contribution in [-0.4, -0.2) is 0 Å². The van der Waals surface area contributed by atoms with Gasteiger partial charge in [0.25, 0.3) is 0 Å². The van der Waals surface area contributed by atoms with Crippen LogP contribution in [0, 0.1) is 0 Å². The van der Waals surface area contributed by atoms with E-state index in [4.69, 9.17) is 4.42 Å². The summed E-state index contributed by atoms with van der Waals surface area (Å²) in [5, 5.41) is 2.24. The van der Waals surface area contributed by atoms with Crippen LogP contribution in [0.2, 0.25) is 0 Å². The summed E-state index contributed by atoms with van der Waals surface area (Å²) in [7, 11) is 0. The number of anilines is 3. The summed E-state index contributed by atoms with van der Waals surface area (Å²) in [6, 6.07) is 80.1. The van der Waals surface area contributed by atoms with Crippen molar-refractivity contribution in [3.05, 3.63) is 224 Å². The van der Waals surface area contributed by atoms with Gasteiger partial charge >= 0.3 is 0 Å². The van der Waals surface area contributed by atoms with Crippen molar-refractivity contribution in [2.75, 3.05) is 4.90 Å². The highest BCUT2D eigenvalue weighted by Crippen LogP contribution is 2.48. The molecule has 0 spiro atoms. The lowest BCUT2D eigenvalue weighted by atomic mass is 9.88. The summed E-state index contributed by atoms with van der Waals surface area (Å²) < 4.78 is 6.54. The average Bonchev–Trinajstić information content (AvgIpc) is 3.67. The maximum absolute atomic E-state index is 6.54. The second kappa shape index (κ2) is 14.4. The summed E-state index contributed by atoms with van der Waals surface area (Å²) in [5.74, 6) is 0. The first-order valence-corrected chi connectivity index (χ1v) is 19.1. The van der Waals surface area contributed by atoms with Crippen LogP contribution in [-0.2, 0) is 0 Å². The Balaban J connectivity index is 1.20. The van der Waals surface area contributed by atoms with Gasteiger partial charge in [-0.2, -0.15) is 0 Å². The molecule has 10 aromatic rings. The zero-order chi connectivity index (χ0) is 37.3. The molecule has 0 unspecified atom stereocenters. The smallest absolute Gasteiger partial charge is 0.143 e. The predicted molar refractivity (Wildman–Crippen MR) is 236 cm³/mol. The maximum atomic E-state index is 6.54. The molecule has 0 aliphatic rings. The van der Waals surface area contributed by atoms with E-state index in [-0.39, 0.29) is 0 Å². The summed E-state index contributed by atoms with van der Waals surface area (Å²) in [6.07, 6.45) is 0. The average molecular weight is 716 g/mol. The number of benzene rings is 9. The van der Waals surface area contributed by atoms with Gasteiger partial charge in [-0.1, -0.05) is 194 Å². The van der Waals surface area contributed by atoms with E-state index in [0.717, 1.165) is 72.4 Å². The molecule has 2 heteroatoms. The summed E-state index contributed by atoms with van der Waals surface area (Å²) in [4.78, 5) is 2.43. The first kappa shape index (κ1) is 33.2. The lowest BCUT2D eigenvalue weighted by molar-refractivity contribution is 0.670. The second-order valence-electron chi connectivity index (χ2n) is 14.0. The fraction of sp³-hybridized carbons (Fsp3) is 0. The Morgan fingerprint density at radius 2 is 0.732 bits per heavy atom. The molecule has 0 fully saturated rings. The minimum absolute atomic E-state index is 0.894. The van der Waals surface area contributed by atoms with Gasteiger partial charge in [0, 0.05) is 33.2 Å². The Hall–Kier alpha value is -7.42. The lowest BCUT2D eigenvalue weighted by Crippen LogP contribution is -2.12. The van der Waals surface area contributed by atoms with E-state index in [0.29, 0.717) is 0 Å². The van der Waals surface area contributed by atoms with Crippen LogP contribution in [0.3, 0.4) is 0 Å². The molecule has 56 heavy (non-hydrogen) atoms. The number of furan rings is 1. The third kappa shape index (κ3) is 5.95. The van der Waals surface area contributed by atoms with Crippen LogP contribution in [0.15, 0.2) is 229 Å². The van der Waals surface area contributed by atoms with Gasteiger partial charge < -0.3 is 9.32 Å². The van der Waals surface area contributed by atoms with Gasteiger partial charge in [-0.15, -0.1) is 0 Å². The van der Waals surface area contributed by atoms with E-state index in [1.165, 1.54) is 22.3 Å². The van der Waals surface area contributed by atoms with Crippen molar-refractivity contribution in [1.82, 2.24) is 0 Å². The third-order valence-corrected chi connectivity index (χ3v) is 10.7. The highest BCUT2D eigenvalue weighted by Gasteiger charge is 2.23. The maximum Gasteiger partial charge on any atom is 0.143 e. The monoisotopic (exact) mass is 715 g/mol. The van der Waals surface area contributed by atoms with Gasteiger partial charge in [-0.3, -0.25) is 0 Å². The van der Waals surface area contributed by atoms with Gasteiger partial charge in [0.05, 0.1) is 11.4 Å². The molecular weight excluding hydrogens is 679 g/mol. The van der Waals surface area contributed by atoms with Crippen LogP contribution in [0.4, 0.5) is 17.1 Å². The van der Waals surface area contributed by atoms with E-state index in [1.807, 2.05) is 12.1 Å². The summed E-state index contributed by atoms with van der Waals surface area (Å²) >= 11 is 0. The van der Waals surface area contributed by atoms with E-state index < -0.39 is 0 Å². The number of hydrogen-bond donors (Lipinski definition) is 0. The number of nitrogens with zero attached hydrogens (tertiary/aromatic N) is 1. The normalized spacial score (nSPS) is 11.2. The Bertz CT molecular complexity index is 2980. The highest BCUT2D eigenvalue weighted by molar-refractivity contribution is 6.10. The largest absolute Gasteiger partial charge is 0.455 e. The standard InChI is InChI=1S/C54H37NO/c1-3-19-38(20-4-1)42-25-7-8-27-45(42)46-28-9-10-29-47(46)48-30-12-15-35-52(48)55(51-34-14-11-26-43(51)39-21-5-2-6-22-39)41-24-17-23-40(37-41)44-32-18-33-50-49-31-13-16-36-53(49)56-54(44)50/h1-37H. The SMILES string of the molecule is c1ccc(-c2ccccc2-c2ccccc2-c2ccccc2N(c2cccc(-c3cccc4c3oc3ccccc34)c2)c2ccccc2-c2ccccc2)cc1. The zero-order valence-corrected chi connectivity index (χ0v) is 30.7. The molecule has 264 valence electrons. The van der Waals surface area contributed by atoms with Crippen LogP contribution >= 0.6 is 0 Å². The first-order valence-electron chi connectivity index (χ1n) is 19.1. The second-order valence-corrected chi connectivity index (χ2v) is 14.0. The van der Waals surface area contributed by atoms with E-state index in [2.05, 4.69) is 217 Å². The van der Waals surface area contributed by atoms with E-state index in [1.54, 1.807) is 0 Å². The molecule has 0 N–H and O–H groups in total. The molecule has 2 nitrogen and oxygen atoms in total. The fourth-order valence-corrected chi connectivity index (χ4v) is 8.16. The van der Waals surface area contributed by atoms with Crippen molar-refractivity contribution in [1.29, 1.82) is 0 Å². The first-order chi connectivity index (χ1) is 27.8. The fourth-order valence-electron chi connectivity index (χ4n) is 8.16. The van der Waals surface area contributed by atoms with Crippen LogP contribution in [0.5, 0.6) is 0 Å². The van der Waals surface area contributed by atoms with Gasteiger partial charge in [-0.05, 0) is 69.3 Å². The molecule has 1 heterocycles. The molecule has 0 bridgehead atoms. The quantitative estimate of drug-likeness (QED) is 0.156. The molecule has 1 aromatic heterocycles. The zero-order valence-electron chi connectivity index (χ0n) is 30.7. The van der Waals surface area contributed by atoms with E-state index >= 15 is 0 Å². The molecule has 0 aliphatic carbocycles. The molecule has 10 rings (SSSR count). The minimum atomic E-state index is 0.894. The topological polar surface area (TPSA) is 16.4 Å². The molecule has 0 aliphatic heterocycles. The highest BCUT2D eigenvalue weighted by atomic mass is 16.3. The molecule has 0 saturated heterocycles. The number of hydrogen-bond acceptors (Lipinski definition) is 2. The Morgan fingerprint density at radius 3 is 1.45 bits per heavy atom. The van der Waals surface area contributed by atoms with Crippen molar-refractivity contribution in [2.24, 2.45) is 0 Å². The number of rotatable bonds is 8. The molecular formula is C54H37NO. The number of fused-ring (bicyclic) bond motifs is 3. The van der Waals surface area contributed by atoms with Crippen LogP contribution in [0.25, 0.3) is 77.6 Å². The minimum Gasteiger partial charge on any atom is -0.455 e. The van der Waals surface area contributed by atoms with Crippen LogP contribution < -0.4 is 4.90 Å². The molecule has 0 radical (unpaired) electrons. The van der Waals surface area contributed by atoms with Gasteiger partial charge in [-0.25, -0.2) is 0 Å². The van der Waals surface area contributed by atoms with Crippen molar-refractivity contribution < 1.29 is 4.42 Å². The van der Waals surface area contributed by atoms with Gasteiger partial charge in [0.15, 0.2) is 0 Å². The third-order valence-electron chi connectivity index (χ3n) is 10.7. The number of para-hydroxylation sites is 4. The lowest BCUT2D eigenvalue weighted by Gasteiger charge is -2.30. The Kier molecular flexibility index (Phi) is 8.55. The van der Waals surface area contributed by atoms with Gasteiger partial charge in [0.2, 0.25) is 0 Å². The van der Waals surface area contributed by atoms with Crippen molar-refractivity contribution in [2.45, 2.75) is 0 Å². The Morgan fingerprint density at radius 1 is 0.286 bits per heavy atom. The molecule has 0 saturated carbocycles. The molecule has 0 atom stereocenters. The predicted octanol–water partition coefficient (Wildman–Crippen LogP) is 15.4. The van der Waals surface area contributed by atoms with Crippen molar-refractivity contribution >= 4 is 39.0 Å². The van der Waals surface area contributed by atoms with Crippen molar-refractivity contribution in [3.63, 3.8) is 0 Å².